The Morgan fingerprint density at radius 1 is 0.318 bits per heavy atom. The van der Waals surface area contributed by atoms with Crippen molar-refractivity contribution in [1.82, 2.24) is 0 Å². The Morgan fingerprint density at radius 3 is 0.833 bits per heavy atom. The maximum atomic E-state index is 14.3. The molecule has 0 radical (unpaired) electrons. The number of hydrogen-bond donors (Lipinski definition) is 0. The predicted molar refractivity (Wildman–Crippen MR) is 260 cm³/mol. The number of anilines is 6. The second kappa shape index (κ2) is 18.8. The van der Waals surface area contributed by atoms with Crippen LogP contribution in [0.1, 0.15) is 54.1 Å². The lowest BCUT2D eigenvalue weighted by molar-refractivity contribution is 0.0978. The van der Waals surface area contributed by atoms with Gasteiger partial charge in [-0.3, -0.25) is 9.59 Å². The minimum absolute atomic E-state index is 0.254. The molecular formula is C58H42N2O6. The molecule has 1 aliphatic rings. The quantitative estimate of drug-likeness (QED) is 0.126. The number of carbonyl (C=O) groups is 2. The molecule has 0 heterocycles. The molecule has 0 aromatic heterocycles. The molecule has 0 spiro atoms. The standard InChI is InChI=1S/C58H42N2O6/c1-63-49-31-23-45(24-32-49)59(46-25-33-50(64-2)34-26-46)43-19-11-39(12-20-43)9-15-41-17-18-42(56-55(41)57(61)53-7-5-6-8-54(53)58(56)62)16-10-40-13-21-44(22-14-40)60(47-27-35-51(65-3)36-28-47)48-29-37-52(66-4)38-30-48/h5-8,11-14,17-38H,1-4H3. The van der Waals surface area contributed by atoms with E-state index in [9.17, 15) is 9.59 Å². The molecule has 1 aliphatic carbocycles. The molecule has 9 rings (SSSR count). The normalized spacial score (nSPS) is 11.2. The van der Waals surface area contributed by atoms with Crippen molar-refractivity contribution in [3.05, 3.63) is 226 Å². The number of benzene rings is 8. The van der Waals surface area contributed by atoms with E-state index in [-0.39, 0.29) is 22.7 Å². The summed E-state index contributed by atoms with van der Waals surface area (Å²) < 4.78 is 21.6. The van der Waals surface area contributed by atoms with E-state index in [1.54, 1.807) is 64.8 Å². The monoisotopic (exact) mass is 862 g/mol. The second-order valence-electron chi connectivity index (χ2n) is 15.2. The minimum Gasteiger partial charge on any atom is -0.497 e. The summed E-state index contributed by atoms with van der Waals surface area (Å²) in [6.45, 7) is 0. The molecular weight excluding hydrogens is 821 g/mol. The number of hydrogen-bond acceptors (Lipinski definition) is 8. The molecule has 0 saturated heterocycles. The van der Waals surface area contributed by atoms with Crippen LogP contribution >= 0.6 is 0 Å². The van der Waals surface area contributed by atoms with Crippen molar-refractivity contribution in [2.24, 2.45) is 0 Å². The van der Waals surface area contributed by atoms with Gasteiger partial charge in [0.15, 0.2) is 11.6 Å². The van der Waals surface area contributed by atoms with E-state index < -0.39 is 0 Å². The van der Waals surface area contributed by atoms with E-state index in [2.05, 4.69) is 33.5 Å². The first-order chi connectivity index (χ1) is 32.3. The number of ether oxygens (including phenoxy) is 4. The summed E-state index contributed by atoms with van der Waals surface area (Å²) >= 11 is 0. The number of rotatable bonds is 10. The van der Waals surface area contributed by atoms with Crippen LogP contribution < -0.4 is 28.7 Å². The van der Waals surface area contributed by atoms with Crippen LogP contribution in [0.15, 0.2) is 182 Å². The molecule has 8 aromatic rings. The zero-order valence-corrected chi connectivity index (χ0v) is 36.7. The molecule has 66 heavy (non-hydrogen) atoms. The van der Waals surface area contributed by atoms with Gasteiger partial charge >= 0.3 is 0 Å². The summed E-state index contributed by atoms with van der Waals surface area (Å²) in [6.07, 6.45) is 0. The van der Waals surface area contributed by atoms with Gasteiger partial charge in [0.1, 0.15) is 23.0 Å². The van der Waals surface area contributed by atoms with Crippen molar-refractivity contribution >= 4 is 45.7 Å². The maximum absolute atomic E-state index is 14.3. The first-order valence-electron chi connectivity index (χ1n) is 21.1. The first-order valence-corrected chi connectivity index (χ1v) is 21.1. The molecule has 0 unspecified atom stereocenters. The highest BCUT2D eigenvalue weighted by molar-refractivity contribution is 6.30. The summed E-state index contributed by atoms with van der Waals surface area (Å²) in [5, 5.41) is 0. The minimum atomic E-state index is -0.264. The smallest absolute Gasteiger partial charge is 0.195 e. The molecule has 8 nitrogen and oxygen atoms in total. The molecule has 8 aromatic carbocycles. The van der Waals surface area contributed by atoms with Gasteiger partial charge in [0.25, 0.3) is 0 Å². The highest BCUT2D eigenvalue weighted by Crippen LogP contribution is 2.38. The zero-order valence-electron chi connectivity index (χ0n) is 36.7. The average Bonchev–Trinajstić information content (AvgIpc) is 3.38. The van der Waals surface area contributed by atoms with E-state index in [1.807, 2.05) is 146 Å². The van der Waals surface area contributed by atoms with Crippen LogP contribution in [0.3, 0.4) is 0 Å². The van der Waals surface area contributed by atoms with Crippen molar-refractivity contribution in [1.29, 1.82) is 0 Å². The number of nitrogens with zero attached hydrogens (tertiary/aromatic N) is 2. The molecule has 8 heteroatoms. The van der Waals surface area contributed by atoms with Gasteiger partial charge < -0.3 is 28.7 Å². The Kier molecular flexibility index (Phi) is 12.0. The fourth-order valence-electron chi connectivity index (χ4n) is 7.92. The van der Waals surface area contributed by atoms with Gasteiger partial charge in [-0.1, -0.05) is 47.9 Å². The molecule has 0 amide bonds. The zero-order chi connectivity index (χ0) is 45.6. The van der Waals surface area contributed by atoms with E-state index in [1.165, 1.54) is 0 Å². The number of fused-ring (bicyclic) bond motifs is 2. The molecule has 0 N–H and O–H groups in total. The number of carbonyl (C=O) groups excluding carboxylic acids is 2. The molecule has 0 fully saturated rings. The lowest BCUT2D eigenvalue weighted by atomic mass is 9.79. The van der Waals surface area contributed by atoms with Crippen LogP contribution in [0, 0.1) is 23.7 Å². The molecule has 0 atom stereocenters. The Hall–Kier alpha value is -8.98. The Labute approximate surface area is 384 Å². The van der Waals surface area contributed by atoms with Crippen LogP contribution in [-0.2, 0) is 0 Å². The predicted octanol–water partition coefficient (Wildman–Crippen LogP) is 12.2. The van der Waals surface area contributed by atoms with Crippen molar-refractivity contribution < 1.29 is 28.5 Å². The van der Waals surface area contributed by atoms with Crippen LogP contribution in [0.25, 0.3) is 0 Å². The third kappa shape index (κ3) is 8.55. The van der Waals surface area contributed by atoms with Gasteiger partial charge in [-0.05, 0) is 158 Å². The van der Waals surface area contributed by atoms with Crippen LogP contribution in [0.2, 0.25) is 0 Å². The highest BCUT2D eigenvalue weighted by Gasteiger charge is 2.33. The van der Waals surface area contributed by atoms with E-state index in [0.717, 1.165) is 68.2 Å². The highest BCUT2D eigenvalue weighted by atomic mass is 16.5. The molecule has 0 bridgehead atoms. The van der Waals surface area contributed by atoms with Crippen LogP contribution in [-0.4, -0.2) is 40.0 Å². The Bertz CT molecular complexity index is 2880. The lowest BCUT2D eigenvalue weighted by Gasteiger charge is -2.25. The van der Waals surface area contributed by atoms with Gasteiger partial charge in [-0.2, -0.15) is 0 Å². The summed E-state index contributed by atoms with van der Waals surface area (Å²) in [4.78, 5) is 32.8. The first kappa shape index (κ1) is 42.3. The van der Waals surface area contributed by atoms with Crippen molar-refractivity contribution in [3.63, 3.8) is 0 Å². The second-order valence-corrected chi connectivity index (χ2v) is 15.2. The van der Waals surface area contributed by atoms with Gasteiger partial charge in [0.2, 0.25) is 0 Å². The van der Waals surface area contributed by atoms with Crippen molar-refractivity contribution in [2.45, 2.75) is 0 Å². The Balaban J connectivity index is 1.04. The third-order valence-corrected chi connectivity index (χ3v) is 11.3. The largest absolute Gasteiger partial charge is 0.497 e. The molecule has 0 saturated carbocycles. The maximum Gasteiger partial charge on any atom is 0.195 e. The van der Waals surface area contributed by atoms with Gasteiger partial charge in [0, 0.05) is 67.5 Å². The van der Waals surface area contributed by atoms with Crippen LogP contribution in [0.4, 0.5) is 34.1 Å². The molecule has 320 valence electrons. The number of methoxy groups -OCH3 is 4. The fourth-order valence-corrected chi connectivity index (χ4v) is 7.92. The Morgan fingerprint density at radius 2 is 0.576 bits per heavy atom. The number of ketones is 2. The van der Waals surface area contributed by atoms with Crippen LogP contribution in [0.5, 0.6) is 23.0 Å². The van der Waals surface area contributed by atoms with Gasteiger partial charge in [-0.25, -0.2) is 0 Å². The molecule has 0 aliphatic heterocycles. The average molecular weight is 863 g/mol. The van der Waals surface area contributed by atoms with Gasteiger partial charge in [-0.15, -0.1) is 0 Å². The topological polar surface area (TPSA) is 77.5 Å². The fraction of sp³-hybridized carbons (Fsp3) is 0.0690. The lowest BCUT2D eigenvalue weighted by Crippen LogP contribution is -2.23. The summed E-state index contributed by atoms with van der Waals surface area (Å²) in [5.74, 6) is 15.5. The SMILES string of the molecule is COc1ccc(N(c2ccc(C#Cc3ccc(C#Cc4ccc(N(c5ccc(OC)cc5)c5ccc(OC)cc5)cc4)c4c3C(=O)c3ccccc3C4=O)cc2)c2ccc(OC)cc2)cc1. The van der Waals surface area contributed by atoms with Crippen molar-refractivity contribution in [3.8, 4) is 46.7 Å². The summed E-state index contributed by atoms with van der Waals surface area (Å²) in [5.41, 5.74) is 9.16. The van der Waals surface area contributed by atoms with E-state index in [4.69, 9.17) is 18.9 Å². The van der Waals surface area contributed by atoms with E-state index >= 15 is 0 Å². The van der Waals surface area contributed by atoms with Crippen molar-refractivity contribution in [2.75, 3.05) is 38.2 Å². The summed E-state index contributed by atoms with van der Waals surface area (Å²) in [6, 6.07) is 57.6. The van der Waals surface area contributed by atoms with Gasteiger partial charge in [0.05, 0.1) is 39.6 Å². The third-order valence-electron chi connectivity index (χ3n) is 11.3. The van der Waals surface area contributed by atoms with E-state index in [0.29, 0.717) is 22.3 Å². The summed E-state index contributed by atoms with van der Waals surface area (Å²) in [7, 11) is 6.58.